The van der Waals surface area contributed by atoms with Crippen LogP contribution in [0, 0.1) is 11.8 Å². The summed E-state index contributed by atoms with van der Waals surface area (Å²) in [6.07, 6.45) is 10.4. The Bertz CT molecular complexity index is 1060. The number of rotatable bonds is 7. The number of hydrogen-bond donors (Lipinski definition) is 1. The first-order valence-electron chi connectivity index (χ1n) is 12.1. The van der Waals surface area contributed by atoms with E-state index in [0.717, 1.165) is 61.4 Å². The van der Waals surface area contributed by atoms with Crippen LogP contribution in [0.4, 0.5) is 5.69 Å². The minimum absolute atomic E-state index is 0.0455. The molecule has 1 aliphatic carbocycles. The minimum Gasteiger partial charge on any atom is -0.387 e. The molecule has 2 unspecified atom stereocenters. The first-order chi connectivity index (χ1) is 15.9. The Balaban J connectivity index is 1.62. The molecule has 3 aliphatic rings. The van der Waals surface area contributed by atoms with Crippen molar-refractivity contribution in [3.8, 4) is 0 Å². The van der Waals surface area contributed by atoms with E-state index in [1.807, 2.05) is 47.1 Å². The molecule has 2 N–H and O–H groups in total. The third kappa shape index (κ3) is 4.65. The lowest BCUT2D eigenvalue weighted by Gasteiger charge is -2.22. The second-order valence-corrected chi connectivity index (χ2v) is 9.06. The Morgan fingerprint density at radius 2 is 1.97 bits per heavy atom. The number of hydrogen-bond acceptors (Lipinski definition) is 4. The van der Waals surface area contributed by atoms with Crippen LogP contribution in [0.5, 0.6) is 0 Å². The number of fused-ring (bicyclic) bond motifs is 2. The van der Waals surface area contributed by atoms with Crippen molar-refractivity contribution in [1.29, 1.82) is 0 Å². The number of benzene rings is 1. The molecule has 33 heavy (non-hydrogen) atoms. The number of nitrogens with two attached hydrogens (primary N) is 1. The molecule has 0 aromatic heterocycles. The van der Waals surface area contributed by atoms with Gasteiger partial charge in [0.15, 0.2) is 0 Å². The van der Waals surface area contributed by atoms with Gasteiger partial charge in [-0.05, 0) is 43.0 Å². The van der Waals surface area contributed by atoms with E-state index in [0.29, 0.717) is 17.8 Å². The van der Waals surface area contributed by atoms with Crippen LogP contribution in [0.2, 0.25) is 0 Å². The molecule has 6 heteroatoms. The lowest BCUT2D eigenvalue weighted by atomic mass is 9.86. The zero-order valence-corrected chi connectivity index (χ0v) is 19.9. The third-order valence-corrected chi connectivity index (χ3v) is 6.63. The predicted octanol–water partition coefficient (Wildman–Crippen LogP) is 4.16. The van der Waals surface area contributed by atoms with Crippen molar-refractivity contribution in [3.05, 3.63) is 53.1 Å². The van der Waals surface area contributed by atoms with Gasteiger partial charge >= 0.3 is 0 Å². The number of allylic oxidation sites excluding steroid dienone is 2. The number of amidine groups is 1. The maximum Gasteiger partial charge on any atom is 0.250 e. The molecular weight excluding hydrogens is 412 g/mol. The smallest absolute Gasteiger partial charge is 0.250 e. The van der Waals surface area contributed by atoms with Gasteiger partial charge in [0.25, 0.3) is 0 Å². The molecule has 1 saturated heterocycles. The number of likely N-dealkylation sites (tertiary alicyclic amines) is 1. The minimum atomic E-state index is -0.0473. The van der Waals surface area contributed by atoms with E-state index in [2.05, 4.69) is 31.0 Å². The van der Waals surface area contributed by atoms with Crippen LogP contribution < -0.4 is 5.73 Å². The van der Waals surface area contributed by atoms with E-state index < -0.39 is 0 Å². The largest absolute Gasteiger partial charge is 0.387 e. The fraction of sp³-hybridized carbons (Fsp3) is 0.444. The lowest BCUT2D eigenvalue weighted by molar-refractivity contribution is -0.129. The number of aliphatic imine (C=N–C) groups is 1. The summed E-state index contributed by atoms with van der Waals surface area (Å²) in [5, 5.41) is 0. The van der Waals surface area contributed by atoms with Gasteiger partial charge in [0, 0.05) is 49.7 Å². The van der Waals surface area contributed by atoms with E-state index in [9.17, 15) is 9.59 Å². The zero-order valence-electron chi connectivity index (χ0n) is 19.9. The Labute approximate surface area is 196 Å². The normalized spacial score (nSPS) is 21.6. The molecule has 2 amide bonds. The highest BCUT2D eigenvalue weighted by molar-refractivity contribution is 6.05. The van der Waals surface area contributed by atoms with Crippen molar-refractivity contribution in [2.75, 3.05) is 26.2 Å². The van der Waals surface area contributed by atoms with E-state index >= 15 is 0 Å². The highest BCUT2D eigenvalue weighted by Gasteiger charge is 2.38. The Hall–Kier alpha value is -3.15. The summed E-state index contributed by atoms with van der Waals surface area (Å²) in [7, 11) is 0. The second kappa shape index (κ2) is 9.77. The fourth-order valence-corrected chi connectivity index (χ4v) is 4.97. The monoisotopic (exact) mass is 446 g/mol. The maximum atomic E-state index is 13.2. The van der Waals surface area contributed by atoms with Crippen molar-refractivity contribution < 1.29 is 9.59 Å². The fourth-order valence-electron chi connectivity index (χ4n) is 4.97. The Morgan fingerprint density at radius 1 is 1.21 bits per heavy atom. The topological polar surface area (TPSA) is 79.0 Å². The predicted molar refractivity (Wildman–Crippen MR) is 134 cm³/mol. The molecule has 1 aromatic carbocycles. The summed E-state index contributed by atoms with van der Waals surface area (Å²) < 4.78 is 0. The van der Waals surface area contributed by atoms with Crippen LogP contribution in [0.25, 0.3) is 11.6 Å². The molecule has 0 spiro atoms. The summed E-state index contributed by atoms with van der Waals surface area (Å²) in [6, 6.07) is 6.12. The van der Waals surface area contributed by atoms with Gasteiger partial charge in [0.2, 0.25) is 11.8 Å². The van der Waals surface area contributed by atoms with Crippen molar-refractivity contribution in [2.24, 2.45) is 22.6 Å². The van der Waals surface area contributed by atoms with Gasteiger partial charge in [-0.1, -0.05) is 44.2 Å². The molecule has 0 radical (unpaired) electrons. The first-order valence-corrected chi connectivity index (χ1v) is 12.1. The van der Waals surface area contributed by atoms with Gasteiger partial charge in [-0.2, -0.15) is 0 Å². The van der Waals surface area contributed by atoms with Crippen LogP contribution in [0.1, 0.15) is 51.2 Å². The van der Waals surface area contributed by atoms with Gasteiger partial charge in [-0.15, -0.1) is 0 Å². The molecule has 2 heterocycles. The molecule has 1 aromatic rings. The van der Waals surface area contributed by atoms with E-state index in [4.69, 9.17) is 5.73 Å². The number of carbonyl (C=O) groups is 2. The second-order valence-electron chi connectivity index (χ2n) is 9.06. The van der Waals surface area contributed by atoms with Gasteiger partial charge in [0.05, 0.1) is 11.6 Å². The molecular formula is C27H34N4O2. The van der Waals surface area contributed by atoms with Gasteiger partial charge in [-0.3, -0.25) is 9.59 Å². The molecule has 1 fully saturated rings. The van der Waals surface area contributed by atoms with Crippen LogP contribution in [0.15, 0.2) is 47.0 Å². The van der Waals surface area contributed by atoms with Gasteiger partial charge < -0.3 is 15.5 Å². The standard InChI is InChI=1S/C27H34N4O2/c1-4-11-31(12-5-2)26(32)21-14-20-8-7-19(15-24(20)29-25(28)16-21)18-9-10-23-22(13-18)17-30(6-3)27(23)33/h7-10,13-15,22-23H,4-6,11-12,16-17H2,1-3H3,(H2,28,29). The number of amides is 2. The molecule has 0 saturated carbocycles. The summed E-state index contributed by atoms with van der Waals surface area (Å²) in [5.74, 6) is 0.873. The van der Waals surface area contributed by atoms with E-state index in [-0.39, 0.29) is 23.7 Å². The Kier molecular flexibility index (Phi) is 6.82. The van der Waals surface area contributed by atoms with Crippen molar-refractivity contribution in [1.82, 2.24) is 9.80 Å². The quantitative estimate of drug-likeness (QED) is 0.683. The van der Waals surface area contributed by atoms with Crippen molar-refractivity contribution >= 4 is 35.0 Å². The van der Waals surface area contributed by atoms with Crippen LogP contribution in [0.3, 0.4) is 0 Å². The molecule has 2 atom stereocenters. The number of nitrogens with zero attached hydrogens (tertiary/aromatic N) is 3. The molecule has 174 valence electrons. The van der Waals surface area contributed by atoms with Crippen LogP contribution in [-0.4, -0.2) is 53.6 Å². The van der Waals surface area contributed by atoms with Gasteiger partial charge in [0.1, 0.15) is 5.84 Å². The maximum absolute atomic E-state index is 13.2. The molecule has 0 bridgehead atoms. The lowest BCUT2D eigenvalue weighted by Crippen LogP contribution is -2.34. The SMILES string of the molecule is CCCN(CCC)C(=O)C1=Cc2ccc(C3=CC4CN(CC)C(=O)C4C=C3)cc2N=C(N)C1. The van der Waals surface area contributed by atoms with Crippen molar-refractivity contribution in [2.45, 2.75) is 40.0 Å². The summed E-state index contributed by atoms with van der Waals surface area (Å²) in [4.78, 5) is 34.1. The number of carbonyl (C=O) groups excluding carboxylic acids is 2. The zero-order chi connectivity index (χ0) is 23.5. The average molecular weight is 447 g/mol. The molecule has 2 aliphatic heterocycles. The van der Waals surface area contributed by atoms with Gasteiger partial charge in [-0.25, -0.2) is 4.99 Å². The van der Waals surface area contributed by atoms with Crippen LogP contribution >= 0.6 is 0 Å². The summed E-state index contributed by atoms with van der Waals surface area (Å²) >= 11 is 0. The average Bonchev–Trinajstić information content (AvgIpc) is 3.03. The molecule has 6 nitrogen and oxygen atoms in total. The van der Waals surface area contributed by atoms with Crippen molar-refractivity contribution in [3.63, 3.8) is 0 Å². The molecule has 4 rings (SSSR count). The van der Waals surface area contributed by atoms with Crippen LogP contribution in [-0.2, 0) is 9.59 Å². The highest BCUT2D eigenvalue weighted by Crippen LogP contribution is 2.37. The summed E-state index contributed by atoms with van der Waals surface area (Å²) in [6.45, 7) is 9.20. The highest BCUT2D eigenvalue weighted by atomic mass is 16.2. The first kappa shape index (κ1) is 23.0. The van der Waals surface area contributed by atoms with E-state index in [1.54, 1.807) is 0 Å². The third-order valence-electron chi connectivity index (χ3n) is 6.63. The Morgan fingerprint density at radius 3 is 2.67 bits per heavy atom. The summed E-state index contributed by atoms with van der Waals surface area (Å²) in [5.41, 5.74) is 10.8. The van der Waals surface area contributed by atoms with E-state index in [1.165, 1.54) is 0 Å².